The predicted molar refractivity (Wildman–Crippen MR) is 89.3 cm³/mol. The van der Waals surface area contributed by atoms with Crippen molar-refractivity contribution in [2.45, 2.75) is 12.5 Å². The number of carbonyl (C=O) groups is 2. The van der Waals surface area contributed by atoms with Crippen LogP contribution in [0.1, 0.15) is 21.8 Å². The molecule has 2 atom stereocenters. The SMILES string of the molecule is O=C(O)[C@@H]1CN(C(=O)c2cccc(OC(F)F)c2)C[C@H]1c1ccccc1. The normalized spacial score (nSPS) is 19.6. The molecule has 136 valence electrons. The average molecular weight is 361 g/mol. The number of alkyl halides is 2. The summed E-state index contributed by atoms with van der Waals surface area (Å²) in [5.74, 6) is -2.53. The molecule has 0 aliphatic carbocycles. The van der Waals surface area contributed by atoms with E-state index in [0.717, 1.165) is 5.56 Å². The first kappa shape index (κ1) is 17.8. The van der Waals surface area contributed by atoms with Crippen molar-refractivity contribution in [3.8, 4) is 5.75 Å². The molecule has 1 amide bonds. The molecule has 0 radical (unpaired) electrons. The lowest BCUT2D eigenvalue weighted by atomic mass is 9.89. The van der Waals surface area contributed by atoms with Crippen LogP contribution in [-0.4, -0.2) is 41.6 Å². The number of carbonyl (C=O) groups excluding carboxylic acids is 1. The minimum absolute atomic E-state index is 0.0632. The third kappa shape index (κ3) is 3.82. The van der Waals surface area contributed by atoms with Crippen molar-refractivity contribution in [2.75, 3.05) is 13.1 Å². The Bertz CT molecular complexity index is 797. The van der Waals surface area contributed by atoms with Crippen LogP contribution in [0.5, 0.6) is 5.75 Å². The van der Waals surface area contributed by atoms with E-state index in [-0.39, 0.29) is 30.3 Å². The van der Waals surface area contributed by atoms with Gasteiger partial charge in [-0.15, -0.1) is 0 Å². The molecule has 0 saturated carbocycles. The number of rotatable bonds is 5. The molecule has 0 unspecified atom stereocenters. The second kappa shape index (κ2) is 7.51. The van der Waals surface area contributed by atoms with Crippen molar-refractivity contribution in [2.24, 2.45) is 5.92 Å². The summed E-state index contributed by atoms with van der Waals surface area (Å²) in [6, 6.07) is 14.7. The fourth-order valence-electron chi connectivity index (χ4n) is 3.25. The van der Waals surface area contributed by atoms with Gasteiger partial charge in [-0.25, -0.2) is 0 Å². The Morgan fingerprint density at radius 2 is 1.81 bits per heavy atom. The van der Waals surface area contributed by atoms with E-state index < -0.39 is 24.4 Å². The van der Waals surface area contributed by atoms with Crippen LogP contribution in [0.15, 0.2) is 54.6 Å². The second-order valence-electron chi connectivity index (χ2n) is 6.08. The van der Waals surface area contributed by atoms with Crippen molar-refractivity contribution in [3.63, 3.8) is 0 Å². The number of aliphatic carboxylic acids is 1. The minimum atomic E-state index is -2.98. The fourth-order valence-corrected chi connectivity index (χ4v) is 3.25. The molecule has 0 spiro atoms. The number of carboxylic acids is 1. The van der Waals surface area contributed by atoms with Crippen molar-refractivity contribution in [1.82, 2.24) is 4.90 Å². The molecule has 1 N–H and O–H groups in total. The molecule has 0 aromatic heterocycles. The Kier molecular flexibility index (Phi) is 5.16. The van der Waals surface area contributed by atoms with E-state index >= 15 is 0 Å². The van der Waals surface area contributed by atoms with Gasteiger partial charge in [0.1, 0.15) is 5.75 Å². The molecule has 1 heterocycles. The Hall–Kier alpha value is -2.96. The number of carboxylic acid groups (broad SMARTS) is 1. The van der Waals surface area contributed by atoms with E-state index in [9.17, 15) is 23.5 Å². The summed E-state index contributed by atoms with van der Waals surface area (Å²) < 4.78 is 29.0. The quantitative estimate of drug-likeness (QED) is 0.888. The lowest BCUT2D eigenvalue weighted by molar-refractivity contribution is -0.141. The summed E-state index contributed by atoms with van der Waals surface area (Å²) in [5.41, 5.74) is 1.03. The number of nitrogens with zero attached hydrogens (tertiary/aromatic N) is 1. The van der Waals surface area contributed by atoms with Crippen LogP contribution in [0.2, 0.25) is 0 Å². The zero-order valence-corrected chi connectivity index (χ0v) is 13.7. The third-order valence-electron chi connectivity index (χ3n) is 4.46. The van der Waals surface area contributed by atoms with Crippen LogP contribution < -0.4 is 4.74 Å². The van der Waals surface area contributed by atoms with Gasteiger partial charge in [0.15, 0.2) is 0 Å². The van der Waals surface area contributed by atoms with Crippen molar-refractivity contribution in [3.05, 3.63) is 65.7 Å². The van der Waals surface area contributed by atoms with Gasteiger partial charge in [0.25, 0.3) is 5.91 Å². The van der Waals surface area contributed by atoms with Gasteiger partial charge in [0.05, 0.1) is 5.92 Å². The molecule has 2 aromatic rings. The van der Waals surface area contributed by atoms with Gasteiger partial charge in [-0.2, -0.15) is 8.78 Å². The standard InChI is InChI=1S/C19H17F2NO4/c20-19(21)26-14-8-4-7-13(9-14)17(23)22-10-15(16(11-22)18(24)25)12-5-2-1-3-6-12/h1-9,15-16,19H,10-11H2,(H,24,25)/t15-,16+/m0/s1. The molecule has 1 aliphatic heterocycles. The zero-order valence-electron chi connectivity index (χ0n) is 13.7. The Morgan fingerprint density at radius 1 is 1.08 bits per heavy atom. The zero-order chi connectivity index (χ0) is 18.7. The van der Waals surface area contributed by atoms with Gasteiger partial charge in [0.2, 0.25) is 0 Å². The maximum absolute atomic E-state index is 12.7. The number of benzene rings is 2. The number of hydrogen-bond acceptors (Lipinski definition) is 3. The molecule has 7 heteroatoms. The summed E-state index contributed by atoms with van der Waals surface area (Å²) in [7, 11) is 0. The summed E-state index contributed by atoms with van der Waals surface area (Å²) in [6.07, 6.45) is 0. The first-order chi connectivity index (χ1) is 12.5. The largest absolute Gasteiger partial charge is 0.481 e. The monoisotopic (exact) mass is 361 g/mol. The van der Waals surface area contributed by atoms with Crippen LogP contribution in [0, 0.1) is 5.92 Å². The lowest BCUT2D eigenvalue weighted by Crippen LogP contribution is -2.29. The molecule has 1 saturated heterocycles. The van der Waals surface area contributed by atoms with Gasteiger partial charge in [0, 0.05) is 24.6 Å². The number of amides is 1. The van der Waals surface area contributed by atoms with Crippen LogP contribution >= 0.6 is 0 Å². The molecule has 3 rings (SSSR count). The summed E-state index contributed by atoms with van der Waals surface area (Å²) >= 11 is 0. The first-order valence-electron chi connectivity index (χ1n) is 8.07. The number of ether oxygens (including phenoxy) is 1. The topological polar surface area (TPSA) is 66.8 Å². The molecule has 5 nitrogen and oxygen atoms in total. The summed E-state index contributed by atoms with van der Waals surface area (Å²) in [6.45, 7) is -2.67. The first-order valence-corrected chi connectivity index (χ1v) is 8.07. The Labute approximate surface area is 148 Å². The highest BCUT2D eigenvalue weighted by atomic mass is 19.3. The highest BCUT2D eigenvalue weighted by molar-refractivity contribution is 5.95. The number of hydrogen-bond donors (Lipinski definition) is 1. The van der Waals surface area contributed by atoms with Gasteiger partial charge < -0.3 is 14.7 Å². The third-order valence-corrected chi connectivity index (χ3v) is 4.46. The minimum Gasteiger partial charge on any atom is -0.481 e. The number of likely N-dealkylation sites (tertiary alicyclic amines) is 1. The van der Waals surface area contributed by atoms with Gasteiger partial charge in [-0.05, 0) is 23.8 Å². The highest BCUT2D eigenvalue weighted by Crippen LogP contribution is 2.34. The molecule has 2 aromatic carbocycles. The summed E-state index contributed by atoms with van der Waals surface area (Å²) in [4.78, 5) is 25.8. The summed E-state index contributed by atoms with van der Waals surface area (Å²) in [5, 5.41) is 9.52. The van der Waals surface area contributed by atoms with Gasteiger partial charge >= 0.3 is 12.6 Å². The van der Waals surface area contributed by atoms with E-state index in [0.29, 0.717) is 0 Å². The van der Waals surface area contributed by atoms with Crippen molar-refractivity contribution < 1.29 is 28.2 Å². The molecule has 1 aliphatic rings. The van der Waals surface area contributed by atoms with E-state index in [1.54, 1.807) is 0 Å². The van der Waals surface area contributed by atoms with Crippen molar-refractivity contribution >= 4 is 11.9 Å². The molecular formula is C19H17F2NO4. The highest BCUT2D eigenvalue weighted by Gasteiger charge is 2.40. The Balaban J connectivity index is 1.81. The Morgan fingerprint density at radius 3 is 2.46 bits per heavy atom. The van der Waals surface area contributed by atoms with Crippen molar-refractivity contribution in [1.29, 1.82) is 0 Å². The average Bonchev–Trinajstić information content (AvgIpc) is 3.07. The number of halogens is 2. The van der Waals surface area contributed by atoms with Crippen LogP contribution in [0.25, 0.3) is 0 Å². The van der Waals surface area contributed by atoms with E-state index in [4.69, 9.17) is 0 Å². The van der Waals surface area contributed by atoms with E-state index in [1.807, 2.05) is 30.3 Å². The maximum atomic E-state index is 12.7. The van der Waals surface area contributed by atoms with Crippen LogP contribution in [-0.2, 0) is 4.79 Å². The predicted octanol–water partition coefficient (Wildman–Crippen LogP) is 3.23. The maximum Gasteiger partial charge on any atom is 0.387 e. The molecule has 1 fully saturated rings. The molecule has 0 bridgehead atoms. The van der Waals surface area contributed by atoms with Gasteiger partial charge in [-0.1, -0.05) is 36.4 Å². The molecule has 26 heavy (non-hydrogen) atoms. The second-order valence-corrected chi connectivity index (χ2v) is 6.08. The van der Waals surface area contributed by atoms with E-state index in [1.165, 1.54) is 29.2 Å². The van der Waals surface area contributed by atoms with Gasteiger partial charge in [-0.3, -0.25) is 9.59 Å². The van der Waals surface area contributed by atoms with Crippen LogP contribution in [0.4, 0.5) is 8.78 Å². The molecular weight excluding hydrogens is 344 g/mol. The van der Waals surface area contributed by atoms with E-state index in [2.05, 4.69) is 4.74 Å². The fraction of sp³-hybridized carbons (Fsp3) is 0.263. The van der Waals surface area contributed by atoms with Crippen LogP contribution in [0.3, 0.4) is 0 Å². The lowest BCUT2D eigenvalue weighted by Gasteiger charge is -2.17. The smallest absolute Gasteiger partial charge is 0.387 e.